The summed E-state index contributed by atoms with van der Waals surface area (Å²) in [6.07, 6.45) is 11.1. The molecule has 452 valence electrons. The maximum absolute atomic E-state index is 13.7. The number of nitrogens with zero attached hydrogens (tertiary/aromatic N) is 20. The highest BCUT2D eigenvalue weighted by atomic mass is 19.4. The van der Waals surface area contributed by atoms with Crippen molar-refractivity contribution in [2.45, 2.75) is 63.7 Å². The SMILES string of the molecule is N#Cc1nccc(NC2CCN(Cc3ccc(-n4c(-c5cc(Cn6cnc(-c7ccc8nc(-c9cccnc9N)n(-c9ccc(CN%10CCC(Nc%11ccnc(C#N)n%11)CC%10)cc9)c8n7)c6)cnc5N)nc5ccc(-c6cnn(C(F)(F)F)c6)nc54)cc3)CC2)n1. The third kappa shape index (κ3) is 12.1. The maximum Gasteiger partial charge on any atom is 0.504 e. The lowest BCUT2D eigenvalue weighted by Crippen LogP contribution is -2.38. The van der Waals surface area contributed by atoms with E-state index in [0.717, 1.165) is 93.2 Å². The number of nitrogen functional groups attached to an aromatic ring is 2. The van der Waals surface area contributed by atoms with Crippen LogP contribution < -0.4 is 22.1 Å². The van der Waals surface area contributed by atoms with E-state index < -0.39 is 6.30 Å². The number of piperidine rings is 2. The number of nitriles is 2. The summed E-state index contributed by atoms with van der Waals surface area (Å²) in [4.78, 5) is 55.4. The van der Waals surface area contributed by atoms with Gasteiger partial charge in [-0.2, -0.15) is 20.3 Å². The van der Waals surface area contributed by atoms with Crippen LogP contribution in [0.5, 0.6) is 0 Å². The van der Waals surface area contributed by atoms with Gasteiger partial charge in [-0.15, -0.1) is 13.2 Å². The summed E-state index contributed by atoms with van der Waals surface area (Å²) in [5.41, 5.74) is 22.8. The highest BCUT2D eigenvalue weighted by Crippen LogP contribution is 2.36. The molecule has 0 aliphatic carbocycles. The first-order valence-electron chi connectivity index (χ1n) is 29.4. The van der Waals surface area contributed by atoms with Crippen LogP contribution >= 0.6 is 0 Å². The third-order valence-electron chi connectivity index (χ3n) is 16.3. The number of halogens is 3. The van der Waals surface area contributed by atoms with E-state index >= 15 is 0 Å². The van der Waals surface area contributed by atoms with Crippen LogP contribution in [0.1, 0.15) is 54.0 Å². The van der Waals surface area contributed by atoms with E-state index in [-0.39, 0.29) is 45.5 Å². The average Bonchev–Trinajstić information content (AvgIpc) is 1.66. The summed E-state index contributed by atoms with van der Waals surface area (Å²) in [5.74, 6) is 3.11. The largest absolute Gasteiger partial charge is 0.504 e. The third-order valence-corrected chi connectivity index (χ3v) is 16.3. The monoisotopic (exact) mass is 1220 g/mol. The molecule has 0 bridgehead atoms. The molecule has 0 spiro atoms. The van der Waals surface area contributed by atoms with Gasteiger partial charge in [0, 0.05) is 105 Å². The second-order valence-electron chi connectivity index (χ2n) is 22.4. The highest BCUT2D eigenvalue weighted by molar-refractivity contribution is 5.86. The molecule has 0 atom stereocenters. The first-order valence-corrected chi connectivity index (χ1v) is 29.4. The van der Waals surface area contributed by atoms with Gasteiger partial charge in [0.05, 0.1) is 41.6 Å². The van der Waals surface area contributed by atoms with Crippen LogP contribution in [0.25, 0.3) is 79.1 Å². The second kappa shape index (κ2) is 24.2. The topological polar surface area (TPSA) is 305 Å². The first-order chi connectivity index (χ1) is 44.3. The number of nitrogens with two attached hydrogens (primary N) is 2. The molecule has 12 heterocycles. The van der Waals surface area contributed by atoms with Crippen molar-refractivity contribution in [2.24, 2.45) is 0 Å². The van der Waals surface area contributed by atoms with Gasteiger partial charge >= 0.3 is 6.30 Å². The molecule has 0 unspecified atom stereocenters. The van der Waals surface area contributed by atoms with Crippen LogP contribution in [0.3, 0.4) is 0 Å². The van der Waals surface area contributed by atoms with Crippen molar-refractivity contribution in [3.63, 3.8) is 0 Å². The Morgan fingerprint density at radius 1 is 0.527 bits per heavy atom. The number of rotatable bonds is 16. The number of imidazole rings is 3. The summed E-state index contributed by atoms with van der Waals surface area (Å²) < 4.78 is 46.9. The summed E-state index contributed by atoms with van der Waals surface area (Å²) in [6, 6.07) is 37.2. The van der Waals surface area contributed by atoms with Crippen LogP contribution in [-0.4, -0.2) is 126 Å². The highest BCUT2D eigenvalue weighted by Gasteiger charge is 2.32. The molecule has 14 rings (SSSR count). The molecule has 24 nitrogen and oxygen atoms in total. The van der Waals surface area contributed by atoms with Gasteiger partial charge in [-0.1, -0.05) is 24.3 Å². The molecule has 12 aromatic rings. The molecule has 27 heteroatoms. The van der Waals surface area contributed by atoms with Gasteiger partial charge in [0.2, 0.25) is 11.6 Å². The number of hydrogen-bond acceptors (Lipinski definition) is 20. The lowest BCUT2D eigenvalue weighted by Gasteiger charge is -2.32. The Labute approximate surface area is 517 Å². The molecular formula is C64H55F3N24. The fourth-order valence-corrected chi connectivity index (χ4v) is 11.7. The number of hydrogen-bond donors (Lipinski definition) is 4. The van der Waals surface area contributed by atoms with Crippen LogP contribution in [0.2, 0.25) is 0 Å². The normalized spacial score (nSPS) is 14.4. The Morgan fingerprint density at radius 3 is 1.63 bits per heavy atom. The van der Waals surface area contributed by atoms with Gasteiger partial charge < -0.3 is 26.7 Å². The van der Waals surface area contributed by atoms with E-state index in [4.69, 9.17) is 36.4 Å². The molecule has 6 N–H and O–H groups in total. The van der Waals surface area contributed by atoms with Crippen molar-refractivity contribution in [1.82, 2.24) is 88.1 Å². The second-order valence-corrected chi connectivity index (χ2v) is 22.4. The Kier molecular flexibility index (Phi) is 15.2. The zero-order valence-electron chi connectivity index (χ0n) is 48.6. The van der Waals surface area contributed by atoms with Crippen LogP contribution in [0.4, 0.5) is 36.4 Å². The smallest absolute Gasteiger partial charge is 0.383 e. The van der Waals surface area contributed by atoms with Crippen molar-refractivity contribution in [3.8, 4) is 68.9 Å². The van der Waals surface area contributed by atoms with Crippen LogP contribution in [0.15, 0.2) is 153 Å². The molecule has 2 saturated heterocycles. The number of pyridine rings is 4. The van der Waals surface area contributed by atoms with Crippen molar-refractivity contribution < 1.29 is 13.2 Å². The first kappa shape index (κ1) is 57.2. The van der Waals surface area contributed by atoms with Gasteiger partial charge in [-0.05, 0) is 121 Å². The molecule has 10 aromatic heterocycles. The number of aromatic nitrogens is 16. The maximum atomic E-state index is 13.7. The molecule has 0 saturated carbocycles. The number of anilines is 4. The van der Waals surface area contributed by atoms with Gasteiger partial charge in [0.25, 0.3) is 0 Å². The van der Waals surface area contributed by atoms with Crippen molar-refractivity contribution >= 4 is 45.6 Å². The van der Waals surface area contributed by atoms with E-state index in [9.17, 15) is 23.7 Å². The van der Waals surface area contributed by atoms with Crippen LogP contribution in [0, 0.1) is 22.7 Å². The molecule has 2 fully saturated rings. The Balaban J connectivity index is 0.719. The van der Waals surface area contributed by atoms with Crippen LogP contribution in [-0.2, 0) is 25.9 Å². The van der Waals surface area contributed by atoms with E-state index in [2.05, 4.69) is 79.7 Å². The van der Waals surface area contributed by atoms with Crippen molar-refractivity contribution in [1.29, 1.82) is 10.5 Å². The predicted molar refractivity (Wildman–Crippen MR) is 333 cm³/mol. The van der Waals surface area contributed by atoms with Crippen molar-refractivity contribution in [3.05, 3.63) is 181 Å². The standard InChI is InChI=1S/C64H55F3N24/c65-64(66,67)89-36-42(32-77-89)49-11-13-51-62(80-49)91(46-9-5-40(6-10-46)34-87-26-19-44(20-27-87)79-55-16-23-73-57(30-69)85-55)61(83-51)48-28-41(31-75-59(48)71)35-88-37-53(76-38-88)50-12-14-52-63(81-50)90(60(82-52)47-2-1-21-74-58(47)70)45-7-3-39(4-8-45)33-86-24-17-43(18-25-86)78-54-15-22-72-56(29-68)84-54/h1-16,21-23,28,31-32,36-38,43-44H,17-20,24-27,33-35H2,(H2,70,74)(H2,71,75)(H,72,78,84)(H,73,79,85). The van der Waals surface area contributed by atoms with E-state index in [1.165, 1.54) is 0 Å². The minimum Gasteiger partial charge on any atom is -0.383 e. The summed E-state index contributed by atoms with van der Waals surface area (Å²) in [7, 11) is 0. The Morgan fingerprint density at radius 2 is 1.08 bits per heavy atom. The Bertz CT molecular complexity index is 4730. The fraction of sp³-hybridized carbons (Fsp3) is 0.219. The van der Waals surface area contributed by atoms with Crippen molar-refractivity contribution in [2.75, 3.05) is 48.3 Å². The van der Waals surface area contributed by atoms with Gasteiger partial charge in [-0.3, -0.25) is 18.9 Å². The lowest BCUT2D eigenvalue weighted by molar-refractivity contribution is -0.212. The lowest BCUT2D eigenvalue weighted by atomic mass is 10.0. The van der Waals surface area contributed by atoms with E-state index in [1.54, 1.807) is 55.4 Å². The minimum absolute atomic E-state index is 0.0496. The summed E-state index contributed by atoms with van der Waals surface area (Å²) in [5, 5.41) is 28.9. The Hall–Kier alpha value is -11.6. The number of benzene rings is 2. The number of nitrogens with one attached hydrogen (secondary N) is 2. The fourth-order valence-electron chi connectivity index (χ4n) is 11.7. The van der Waals surface area contributed by atoms with E-state index in [0.29, 0.717) is 92.7 Å². The molecule has 0 radical (unpaired) electrons. The molecular weight excluding hydrogens is 1160 g/mol. The molecule has 91 heavy (non-hydrogen) atoms. The molecule has 2 aliphatic heterocycles. The summed E-state index contributed by atoms with van der Waals surface area (Å²) in [6.45, 7) is 5.28. The number of likely N-dealkylation sites (tertiary alicyclic amines) is 2. The number of alkyl halides is 3. The summed E-state index contributed by atoms with van der Waals surface area (Å²) >= 11 is 0. The zero-order chi connectivity index (χ0) is 62.2. The molecule has 2 aromatic carbocycles. The minimum atomic E-state index is -4.71. The molecule has 0 amide bonds. The molecule has 2 aliphatic rings. The van der Waals surface area contributed by atoms with E-state index in [1.807, 2.05) is 86.6 Å². The average molecular weight is 1220 g/mol. The number of fused-ring (bicyclic) bond motifs is 2. The van der Waals surface area contributed by atoms with Gasteiger partial charge in [0.1, 0.15) is 52.1 Å². The zero-order valence-corrected chi connectivity index (χ0v) is 48.6. The van der Waals surface area contributed by atoms with Gasteiger partial charge in [-0.25, -0.2) is 54.8 Å². The quantitative estimate of drug-likeness (QED) is 0.0700. The predicted octanol–water partition coefficient (Wildman–Crippen LogP) is 9.17. The van der Waals surface area contributed by atoms with Gasteiger partial charge in [0.15, 0.2) is 22.9 Å².